The van der Waals surface area contributed by atoms with Crippen molar-refractivity contribution >= 4 is 5.97 Å². The van der Waals surface area contributed by atoms with Crippen LogP contribution in [-0.4, -0.2) is 34.6 Å². The van der Waals surface area contributed by atoms with Gasteiger partial charge in [0, 0.05) is 24.7 Å². The molecule has 0 spiro atoms. The second-order valence-corrected chi connectivity index (χ2v) is 4.07. The van der Waals surface area contributed by atoms with Gasteiger partial charge in [-0.1, -0.05) is 12.5 Å². The molecule has 1 N–H and O–H groups in total. The van der Waals surface area contributed by atoms with E-state index in [1.54, 1.807) is 6.08 Å². The van der Waals surface area contributed by atoms with Gasteiger partial charge in [-0.15, -0.1) is 0 Å². The molecule has 1 rings (SSSR count). The summed E-state index contributed by atoms with van der Waals surface area (Å²) in [6.07, 6.45) is 6.71. The van der Waals surface area contributed by atoms with Gasteiger partial charge in [-0.3, -0.25) is 4.90 Å². The monoisotopic (exact) mass is 197 g/mol. The summed E-state index contributed by atoms with van der Waals surface area (Å²) in [6.45, 7) is 5.18. The average molecular weight is 197 g/mol. The van der Waals surface area contributed by atoms with Crippen molar-refractivity contribution in [1.29, 1.82) is 0 Å². The molecular weight excluding hydrogens is 178 g/mol. The van der Waals surface area contributed by atoms with Gasteiger partial charge in [-0.25, -0.2) is 4.79 Å². The van der Waals surface area contributed by atoms with Gasteiger partial charge in [0.2, 0.25) is 0 Å². The first-order valence-electron chi connectivity index (χ1n) is 5.26. The molecule has 2 atom stereocenters. The number of carboxylic acid groups (broad SMARTS) is 1. The van der Waals surface area contributed by atoms with Crippen LogP contribution in [0, 0.1) is 0 Å². The third-order valence-electron chi connectivity index (χ3n) is 2.95. The predicted molar refractivity (Wildman–Crippen MR) is 56.3 cm³/mol. The van der Waals surface area contributed by atoms with Crippen LogP contribution in [0.1, 0.15) is 33.1 Å². The van der Waals surface area contributed by atoms with Crippen LogP contribution in [0.2, 0.25) is 0 Å². The fourth-order valence-corrected chi connectivity index (χ4v) is 2.11. The minimum Gasteiger partial charge on any atom is -0.478 e. The summed E-state index contributed by atoms with van der Waals surface area (Å²) in [7, 11) is 0. The maximum atomic E-state index is 10.3. The van der Waals surface area contributed by atoms with E-state index < -0.39 is 5.97 Å². The summed E-state index contributed by atoms with van der Waals surface area (Å²) in [5, 5.41) is 8.47. The summed E-state index contributed by atoms with van der Waals surface area (Å²) in [6, 6.07) is 1.16. The number of hydrogen-bond acceptors (Lipinski definition) is 2. The lowest BCUT2D eigenvalue weighted by atomic mass is 9.98. The molecule has 14 heavy (non-hydrogen) atoms. The first-order chi connectivity index (χ1) is 6.61. The molecule has 0 saturated carbocycles. The zero-order valence-corrected chi connectivity index (χ0v) is 8.94. The lowest BCUT2D eigenvalue weighted by Gasteiger charge is -2.38. The Morgan fingerprint density at radius 1 is 1.43 bits per heavy atom. The van der Waals surface area contributed by atoms with Crippen molar-refractivity contribution in [1.82, 2.24) is 4.90 Å². The van der Waals surface area contributed by atoms with Crippen LogP contribution >= 0.6 is 0 Å². The largest absolute Gasteiger partial charge is 0.478 e. The SMILES string of the molecule is CC1CCCC(C)N1CC=CC(=O)O. The molecule has 80 valence electrons. The lowest BCUT2D eigenvalue weighted by molar-refractivity contribution is -0.131. The zero-order chi connectivity index (χ0) is 10.6. The molecule has 1 heterocycles. The van der Waals surface area contributed by atoms with Crippen LogP contribution < -0.4 is 0 Å². The third-order valence-corrected chi connectivity index (χ3v) is 2.95. The van der Waals surface area contributed by atoms with Gasteiger partial charge in [-0.05, 0) is 26.7 Å². The van der Waals surface area contributed by atoms with Crippen LogP contribution in [0.15, 0.2) is 12.2 Å². The molecule has 0 aliphatic carbocycles. The molecule has 1 aliphatic heterocycles. The Bertz CT molecular complexity index is 215. The van der Waals surface area contributed by atoms with E-state index in [1.807, 2.05) is 0 Å². The maximum Gasteiger partial charge on any atom is 0.328 e. The second-order valence-electron chi connectivity index (χ2n) is 4.07. The Balaban J connectivity index is 2.44. The molecule has 0 aromatic carbocycles. The van der Waals surface area contributed by atoms with Crippen LogP contribution in [0.5, 0.6) is 0 Å². The van der Waals surface area contributed by atoms with Crippen molar-refractivity contribution in [2.24, 2.45) is 0 Å². The summed E-state index contributed by atoms with van der Waals surface area (Å²) in [5.74, 6) is -0.859. The van der Waals surface area contributed by atoms with E-state index in [9.17, 15) is 4.79 Å². The van der Waals surface area contributed by atoms with Gasteiger partial charge in [0.15, 0.2) is 0 Å². The first-order valence-corrected chi connectivity index (χ1v) is 5.26. The molecule has 0 aromatic rings. The molecule has 1 fully saturated rings. The van der Waals surface area contributed by atoms with Crippen LogP contribution in [-0.2, 0) is 4.79 Å². The topological polar surface area (TPSA) is 40.5 Å². The highest BCUT2D eigenvalue weighted by Gasteiger charge is 2.22. The van der Waals surface area contributed by atoms with E-state index in [1.165, 1.54) is 25.3 Å². The van der Waals surface area contributed by atoms with Crippen molar-refractivity contribution in [2.45, 2.75) is 45.2 Å². The molecule has 0 amide bonds. The molecule has 2 unspecified atom stereocenters. The quantitative estimate of drug-likeness (QED) is 0.702. The number of hydrogen-bond donors (Lipinski definition) is 1. The first kappa shape index (κ1) is 11.2. The van der Waals surface area contributed by atoms with Crippen molar-refractivity contribution in [2.75, 3.05) is 6.54 Å². The van der Waals surface area contributed by atoms with Crippen molar-refractivity contribution < 1.29 is 9.90 Å². The average Bonchev–Trinajstić information content (AvgIpc) is 2.09. The smallest absolute Gasteiger partial charge is 0.328 e. The maximum absolute atomic E-state index is 10.3. The van der Waals surface area contributed by atoms with Gasteiger partial charge in [0.25, 0.3) is 0 Å². The van der Waals surface area contributed by atoms with E-state index >= 15 is 0 Å². The molecule has 1 saturated heterocycles. The summed E-state index contributed by atoms with van der Waals surface area (Å²) in [5.41, 5.74) is 0. The fourth-order valence-electron chi connectivity index (χ4n) is 2.11. The van der Waals surface area contributed by atoms with E-state index in [4.69, 9.17) is 5.11 Å². The number of likely N-dealkylation sites (tertiary alicyclic amines) is 1. The Morgan fingerprint density at radius 2 is 2.00 bits per heavy atom. The van der Waals surface area contributed by atoms with Crippen LogP contribution in [0.25, 0.3) is 0 Å². The Hall–Kier alpha value is -0.830. The molecule has 0 aromatic heterocycles. The fraction of sp³-hybridized carbons (Fsp3) is 0.727. The van der Waals surface area contributed by atoms with Gasteiger partial charge in [0.05, 0.1) is 0 Å². The zero-order valence-electron chi connectivity index (χ0n) is 8.94. The van der Waals surface area contributed by atoms with E-state index in [2.05, 4.69) is 18.7 Å². The minimum absolute atomic E-state index is 0.581. The molecule has 1 aliphatic rings. The van der Waals surface area contributed by atoms with Gasteiger partial charge >= 0.3 is 5.97 Å². The van der Waals surface area contributed by atoms with E-state index in [-0.39, 0.29) is 0 Å². The summed E-state index contributed by atoms with van der Waals surface area (Å²) in [4.78, 5) is 12.7. The predicted octanol–water partition coefficient (Wildman–Crippen LogP) is 1.89. The van der Waals surface area contributed by atoms with Crippen LogP contribution in [0.3, 0.4) is 0 Å². The minimum atomic E-state index is -0.859. The van der Waals surface area contributed by atoms with Gasteiger partial charge < -0.3 is 5.11 Å². The number of rotatable bonds is 3. The molecule has 3 nitrogen and oxygen atoms in total. The van der Waals surface area contributed by atoms with Crippen LogP contribution in [0.4, 0.5) is 0 Å². The Kier molecular flexibility index (Phi) is 4.14. The van der Waals surface area contributed by atoms with Gasteiger partial charge in [0.1, 0.15) is 0 Å². The molecule has 0 radical (unpaired) electrons. The molecular formula is C11H19NO2. The Labute approximate surface area is 85.4 Å². The lowest BCUT2D eigenvalue weighted by Crippen LogP contribution is -2.43. The number of carbonyl (C=O) groups is 1. The normalized spacial score (nSPS) is 29.6. The highest BCUT2D eigenvalue weighted by atomic mass is 16.4. The molecule has 0 bridgehead atoms. The number of piperidine rings is 1. The number of aliphatic carboxylic acids is 1. The summed E-state index contributed by atoms with van der Waals surface area (Å²) < 4.78 is 0. The Morgan fingerprint density at radius 3 is 2.50 bits per heavy atom. The van der Waals surface area contributed by atoms with Crippen molar-refractivity contribution in [3.8, 4) is 0 Å². The van der Waals surface area contributed by atoms with E-state index in [0.29, 0.717) is 12.1 Å². The number of carboxylic acids is 1. The van der Waals surface area contributed by atoms with E-state index in [0.717, 1.165) is 6.54 Å². The standard InChI is InChI=1S/C11H19NO2/c1-9-5-3-6-10(2)12(9)8-4-7-11(13)14/h4,7,9-10H,3,5-6,8H2,1-2H3,(H,13,14). The number of nitrogens with zero attached hydrogens (tertiary/aromatic N) is 1. The van der Waals surface area contributed by atoms with Crippen molar-refractivity contribution in [3.63, 3.8) is 0 Å². The van der Waals surface area contributed by atoms with Gasteiger partial charge in [-0.2, -0.15) is 0 Å². The third kappa shape index (κ3) is 3.14. The highest BCUT2D eigenvalue weighted by Crippen LogP contribution is 2.21. The van der Waals surface area contributed by atoms with Crippen molar-refractivity contribution in [3.05, 3.63) is 12.2 Å². The highest BCUT2D eigenvalue weighted by molar-refractivity contribution is 5.79. The summed E-state index contributed by atoms with van der Waals surface area (Å²) >= 11 is 0. The molecule has 3 heteroatoms. The second kappa shape index (κ2) is 5.15.